The lowest BCUT2D eigenvalue weighted by Gasteiger charge is -2.16. The highest BCUT2D eigenvalue weighted by molar-refractivity contribution is 9.10. The Balaban J connectivity index is 2.77. The van der Waals surface area contributed by atoms with Gasteiger partial charge < -0.3 is 15.8 Å². The van der Waals surface area contributed by atoms with Gasteiger partial charge in [-0.3, -0.25) is 9.59 Å². The van der Waals surface area contributed by atoms with Crippen LogP contribution >= 0.6 is 15.9 Å². The molecule has 18 heavy (non-hydrogen) atoms. The molecule has 1 aromatic carbocycles. The molecule has 1 aromatic rings. The first-order chi connectivity index (χ1) is 8.54. The fraction of sp³-hybridized carbons (Fsp3) is 0.333. The molecule has 0 aliphatic rings. The maximum Gasteiger partial charge on any atom is 0.246 e. The van der Waals surface area contributed by atoms with E-state index in [0.29, 0.717) is 12.2 Å². The van der Waals surface area contributed by atoms with Crippen LogP contribution in [0.4, 0.5) is 0 Å². The van der Waals surface area contributed by atoms with Gasteiger partial charge >= 0.3 is 0 Å². The number of primary amides is 1. The van der Waals surface area contributed by atoms with Crippen LogP contribution in [0.3, 0.4) is 0 Å². The maximum absolute atomic E-state index is 11.5. The van der Waals surface area contributed by atoms with Crippen molar-refractivity contribution in [2.75, 3.05) is 13.2 Å². The fourth-order valence-corrected chi connectivity index (χ4v) is 1.82. The van der Waals surface area contributed by atoms with E-state index in [-0.39, 0.29) is 12.5 Å². The van der Waals surface area contributed by atoms with Crippen molar-refractivity contribution in [1.82, 2.24) is 5.32 Å². The van der Waals surface area contributed by atoms with Crippen molar-refractivity contribution < 1.29 is 14.3 Å². The summed E-state index contributed by atoms with van der Waals surface area (Å²) in [7, 11) is 0. The summed E-state index contributed by atoms with van der Waals surface area (Å²) in [5, 5.41) is 2.54. The molecule has 0 aliphatic carbocycles. The summed E-state index contributed by atoms with van der Waals surface area (Å²) in [4.78, 5) is 22.9. The second-order valence-corrected chi connectivity index (χ2v) is 4.51. The average Bonchev–Trinajstić information content (AvgIpc) is 2.33. The molecule has 0 saturated heterocycles. The lowest BCUT2D eigenvalue weighted by atomic mass is 10.1. The minimum Gasteiger partial charge on any atom is -0.372 e. The predicted octanol–water partition coefficient (Wildman–Crippen LogP) is 1.13. The van der Waals surface area contributed by atoms with E-state index in [4.69, 9.17) is 10.5 Å². The fourth-order valence-electron chi connectivity index (χ4n) is 1.40. The van der Waals surface area contributed by atoms with Gasteiger partial charge in [0, 0.05) is 11.1 Å². The van der Waals surface area contributed by atoms with Crippen molar-refractivity contribution >= 4 is 27.7 Å². The Morgan fingerprint density at radius 1 is 1.50 bits per heavy atom. The Labute approximate surface area is 114 Å². The van der Waals surface area contributed by atoms with Gasteiger partial charge in [0.1, 0.15) is 12.6 Å². The third-order valence-corrected chi connectivity index (χ3v) is 2.70. The van der Waals surface area contributed by atoms with E-state index >= 15 is 0 Å². The van der Waals surface area contributed by atoms with Crippen LogP contribution < -0.4 is 11.1 Å². The summed E-state index contributed by atoms with van der Waals surface area (Å²) in [6.45, 7) is 2.13. The molecule has 98 valence electrons. The number of halogens is 1. The van der Waals surface area contributed by atoms with E-state index in [1.807, 2.05) is 6.07 Å². The Morgan fingerprint density at radius 2 is 2.22 bits per heavy atom. The molecule has 0 aromatic heterocycles. The Bertz CT molecular complexity index is 437. The van der Waals surface area contributed by atoms with Crippen LogP contribution in [-0.2, 0) is 14.3 Å². The first-order valence-electron chi connectivity index (χ1n) is 5.46. The maximum atomic E-state index is 11.5. The molecule has 5 nitrogen and oxygen atoms in total. The summed E-state index contributed by atoms with van der Waals surface area (Å²) < 4.78 is 5.77. The number of hydrogen-bond acceptors (Lipinski definition) is 3. The first kappa shape index (κ1) is 14.7. The Hall–Kier alpha value is -1.40. The van der Waals surface area contributed by atoms with Gasteiger partial charge in [0.15, 0.2) is 0 Å². The van der Waals surface area contributed by atoms with E-state index in [9.17, 15) is 9.59 Å². The number of ether oxygens (including phenoxy) is 1. The number of carbonyl (C=O) groups excluding carboxylic acids is 2. The van der Waals surface area contributed by atoms with Crippen LogP contribution in [0.5, 0.6) is 0 Å². The third-order valence-electron chi connectivity index (χ3n) is 2.21. The highest BCUT2D eigenvalue weighted by Gasteiger charge is 2.20. The number of amides is 2. The monoisotopic (exact) mass is 314 g/mol. The van der Waals surface area contributed by atoms with Gasteiger partial charge in [0.2, 0.25) is 11.8 Å². The van der Waals surface area contributed by atoms with E-state index in [1.54, 1.807) is 25.1 Å². The summed E-state index contributed by atoms with van der Waals surface area (Å²) in [6, 6.07) is 6.20. The molecule has 0 heterocycles. The van der Waals surface area contributed by atoms with Gasteiger partial charge in [0.25, 0.3) is 0 Å². The largest absolute Gasteiger partial charge is 0.372 e. The second-order valence-electron chi connectivity index (χ2n) is 3.60. The van der Waals surface area contributed by atoms with Crippen molar-refractivity contribution in [3.8, 4) is 0 Å². The summed E-state index contributed by atoms with van der Waals surface area (Å²) in [6.07, 6.45) is 0. The highest BCUT2D eigenvalue weighted by Crippen LogP contribution is 2.18. The number of rotatable bonds is 6. The molecule has 0 unspecified atom stereocenters. The topological polar surface area (TPSA) is 81.4 Å². The highest BCUT2D eigenvalue weighted by atomic mass is 79.9. The molecule has 0 bridgehead atoms. The van der Waals surface area contributed by atoms with E-state index < -0.39 is 11.9 Å². The molecule has 0 aliphatic heterocycles. The number of hydrogen-bond donors (Lipinski definition) is 2. The van der Waals surface area contributed by atoms with E-state index in [0.717, 1.165) is 4.47 Å². The first-order valence-corrected chi connectivity index (χ1v) is 6.25. The van der Waals surface area contributed by atoms with Crippen LogP contribution in [0.1, 0.15) is 18.5 Å². The second kappa shape index (κ2) is 7.13. The summed E-state index contributed by atoms with van der Waals surface area (Å²) in [5.74, 6) is -0.987. The summed E-state index contributed by atoms with van der Waals surface area (Å²) >= 11 is 3.30. The number of carbonyl (C=O) groups is 2. The molecule has 1 rings (SSSR count). The average molecular weight is 315 g/mol. The Kier molecular flexibility index (Phi) is 5.80. The van der Waals surface area contributed by atoms with Gasteiger partial charge in [0.05, 0.1) is 0 Å². The van der Waals surface area contributed by atoms with Crippen LogP contribution in [0, 0.1) is 0 Å². The number of nitrogens with one attached hydrogen (secondary N) is 1. The molecular formula is C12H15BrN2O3. The zero-order valence-corrected chi connectivity index (χ0v) is 11.6. The smallest absolute Gasteiger partial charge is 0.246 e. The van der Waals surface area contributed by atoms with Crippen molar-refractivity contribution in [3.05, 3.63) is 34.3 Å². The van der Waals surface area contributed by atoms with Gasteiger partial charge in [-0.05, 0) is 24.6 Å². The van der Waals surface area contributed by atoms with Crippen LogP contribution in [0.15, 0.2) is 28.7 Å². The van der Waals surface area contributed by atoms with Crippen LogP contribution in [0.2, 0.25) is 0 Å². The van der Waals surface area contributed by atoms with Crippen molar-refractivity contribution in [1.29, 1.82) is 0 Å². The molecule has 2 amide bonds. The molecular weight excluding hydrogens is 300 g/mol. The van der Waals surface area contributed by atoms with Crippen molar-refractivity contribution in [3.63, 3.8) is 0 Å². The summed E-state index contributed by atoms with van der Waals surface area (Å²) in [5.41, 5.74) is 5.91. The number of nitrogens with two attached hydrogens (primary N) is 1. The lowest BCUT2D eigenvalue weighted by Crippen LogP contribution is -2.39. The normalized spacial score (nSPS) is 11.9. The molecule has 1 atom stereocenters. The Morgan fingerprint density at radius 3 is 2.78 bits per heavy atom. The van der Waals surface area contributed by atoms with Crippen LogP contribution in [-0.4, -0.2) is 25.0 Å². The molecule has 6 heteroatoms. The molecule has 3 N–H and O–H groups in total. The van der Waals surface area contributed by atoms with Gasteiger partial charge in [-0.1, -0.05) is 28.1 Å². The van der Waals surface area contributed by atoms with E-state index in [2.05, 4.69) is 21.2 Å². The molecule has 0 radical (unpaired) electrons. The quantitative estimate of drug-likeness (QED) is 0.825. The van der Waals surface area contributed by atoms with Gasteiger partial charge in [-0.25, -0.2) is 0 Å². The van der Waals surface area contributed by atoms with Crippen molar-refractivity contribution in [2.24, 2.45) is 5.73 Å². The lowest BCUT2D eigenvalue weighted by molar-refractivity contribution is -0.130. The predicted molar refractivity (Wildman–Crippen MR) is 70.7 cm³/mol. The van der Waals surface area contributed by atoms with Gasteiger partial charge in [-0.15, -0.1) is 0 Å². The van der Waals surface area contributed by atoms with Crippen LogP contribution in [0.25, 0.3) is 0 Å². The molecule has 0 fully saturated rings. The number of benzene rings is 1. The standard InChI is InChI=1S/C12H15BrN2O3/c1-2-18-7-10(16)15-11(12(14)17)8-4-3-5-9(13)6-8/h3-6,11H,2,7H2,1H3,(H2,14,17)(H,15,16)/t11-/m1/s1. The minimum atomic E-state index is -0.851. The van der Waals surface area contributed by atoms with Crippen molar-refractivity contribution in [2.45, 2.75) is 13.0 Å². The zero-order valence-electron chi connectivity index (χ0n) is 9.98. The minimum absolute atomic E-state index is 0.0890. The molecule has 0 saturated carbocycles. The van der Waals surface area contributed by atoms with E-state index in [1.165, 1.54) is 0 Å². The SMILES string of the molecule is CCOCC(=O)N[C@@H](C(N)=O)c1cccc(Br)c1. The van der Waals surface area contributed by atoms with Gasteiger partial charge in [-0.2, -0.15) is 0 Å². The molecule has 0 spiro atoms. The third kappa shape index (κ3) is 4.46. The zero-order chi connectivity index (χ0) is 13.5.